The Bertz CT molecular complexity index is 1410. The van der Waals surface area contributed by atoms with E-state index in [4.69, 9.17) is 29.4 Å². The number of esters is 1. The van der Waals surface area contributed by atoms with Crippen molar-refractivity contribution in [2.45, 2.75) is 39.0 Å². The Morgan fingerprint density at radius 2 is 1.75 bits per heavy atom. The number of nitrogens with zero attached hydrogens (tertiary/aromatic N) is 1. The molecule has 0 spiro atoms. The molecule has 0 saturated heterocycles. The van der Waals surface area contributed by atoms with Crippen molar-refractivity contribution in [1.82, 2.24) is 0 Å². The summed E-state index contributed by atoms with van der Waals surface area (Å²) in [6.45, 7) is 4.84. The van der Waals surface area contributed by atoms with E-state index in [9.17, 15) is 10.1 Å². The Hall–Kier alpha value is -4.16. The van der Waals surface area contributed by atoms with Crippen LogP contribution in [0.3, 0.4) is 0 Å². The number of nitrogens with two attached hydrogens (primary N) is 1. The summed E-state index contributed by atoms with van der Waals surface area (Å²) < 4.78 is 29.5. The number of benzene rings is 3. The van der Waals surface area contributed by atoms with Gasteiger partial charge in [0.05, 0.1) is 19.1 Å². The van der Waals surface area contributed by atoms with Crippen LogP contribution in [0.15, 0.2) is 76.6 Å². The second-order valence-electron chi connectivity index (χ2n) is 9.04. The molecule has 1 unspecified atom stereocenters. The predicted molar refractivity (Wildman–Crippen MR) is 154 cm³/mol. The molecule has 0 aliphatic carbocycles. The number of fused-ring (bicyclic) bond motifs is 1. The first-order chi connectivity index (χ1) is 19.4. The zero-order valence-corrected chi connectivity index (χ0v) is 24.0. The number of ether oxygens (including phenoxy) is 5. The number of nitriles is 1. The molecular weight excluding hydrogens is 576 g/mol. The molecule has 1 atom stereocenters. The number of unbranched alkanes of at least 4 members (excludes halogenated alkanes) is 2. The summed E-state index contributed by atoms with van der Waals surface area (Å²) in [4.78, 5) is 12.4. The molecule has 0 radical (unpaired) electrons. The normalized spacial score (nSPS) is 14.0. The fraction of sp³-hybridized carbons (Fsp3) is 0.290. The lowest BCUT2D eigenvalue weighted by Crippen LogP contribution is -2.22. The van der Waals surface area contributed by atoms with Crippen LogP contribution < -0.4 is 29.4 Å². The molecule has 0 fully saturated rings. The maximum absolute atomic E-state index is 12.4. The van der Waals surface area contributed by atoms with Crippen LogP contribution in [-0.4, -0.2) is 25.8 Å². The minimum atomic E-state index is -0.577. The number of rotatable bonds is 12. The summed E-state index contributed by atoms with van der Waals surface area (Å²) >= 11 is 3.36. The van der Waals surface area contributed by atoms with Crippen LogP contribution in [0.2, 0.25) is 0 Å². The van der Waals surface area contributed by atoms with E-state index in [0.717, 1.165) is 29.3 Å². The molecule has 0 aromatic heterocycles. The molecule has 1 aliphatic rings. The molecule has 1 aliphatic heterocycles. The molecule has 3 aromatic carbocycles. The van der Waals surface area contributed by atoms with Crippen LogP contribution >= 0.6 is 15.9 Å². The topological polar surface area (TPSA) is 113 Å². The van der Waals surface area contributed by atoms with Crippen LogP contribution in [0.25, 0.3) is 0 Å². The van der Waals surface area contributed by atoms with Crippen LogP contribution in [0.5, 0.6) is 28.7 Å². The number of allylic oxidation sites excluding steroid dienone is 1. The smallest absolute Gasteiger partial charge is 0.349 e. The Morgan fingerprint density at radius 1 is 0.975 bits per heavy atom. The molecule has 9 heteroatoms. The average Bonchev–Trinajstić information content (AvgIpc) is 2.95. The van der Waals surface area contributed by atoms with E-state index in [1.165, 1.54) is 0 Å². The third-order valence-electron chi connectivity index (χ3n) is 6.20. The van der Waals surface area contributed by atoms with E-state index in [1.807, 2.05) is 37.3 Å². The summed E-state index contributed by atoms with van der Waals surface area (Å²) in [6.07, 6.45) is 3.15. The molecule has 0 bridgehead atoms. The average molecular weight is 608 g/mol. The Labute approximate surface area is 242 Å². The molecular formula is C31H31BrN2O6. The van der Waals surface area contributed by atoms with Gasteiger partial charge < -0.3 is 29.4 Å². The van der Waals surface area contributed by atoms with Crippen LogP contribution in [0.1, 0.15) is 50.2 Å². The first-order valence-electron chi connectivity index (χ1n) is 13.1. The van der Waals surface area contributed by atoms with E-state index < -0.39 is 11.9 Å². The van der Waals surface area contributed by atoms with E-state index in [-0.39, 0.29) is 23.8 Å². The largest absolute Gasteiger partial charge is 0.490 e. The van der Waals surface area contributed by atoms with Gasteiger partial charge >= 0.3 is 5.97 Å². The summed E-state index contributed by atoms with van der Waals surface area (Å²) in [5.41, 5.74) is 7.95. The Balaban J connectivity index is 1.55. The van der Waals surface area contributed by atoms with Crippen LogP contribution in [-0.2, 0) is 4.79 Å². The maximum Gasteiger partial charge on any atom is 0.349 e. The SMILES string of the molecule is CCCCCOc1ccc(C2C(C#N)=C(N)Oc3cc(OC(=O)COc4ccc(Br)cc4)ccc32)cc1OCC. The van der Waals surface area contributed by atoms with Gasteiger partial charge in [0.15, 0.2) is 18.1 Å². The predicted octanol–water partition coefficient (Wildman–Crippen LogP) is 6.62. The van der Waals surface area contributed by atoms with Gasteiger partial charge in [-0.15, -0.1) is 0 Å². The summed E-state index contributed by atoms with van der Waals surface area (Å²) in [5, 5.41) is 9.94. The summed E-state index contributed by atoms with van der Waals surface area (Å²) in [5.74, 6) is 1.34. The van der Waals surface area contributed by atoms with Gasteiger partial charge in [0.25, 0.3) is 0 Å². The van der Waals surface area contributed by atoms with Crippen LogP contribution in [0, 0.1) is 11.3 Å². The van der Waals surface area contributed by atoms with Gasteiger partial charge in [-0.1, -0.05) is 47.8 Å². The van der Waals surface area contributed by atoms with Crippen molar-refractivity contribution in [2.75, 3.05) is 19.8 Å². The Morgan fingerprint density at radius 3 is 2.48 bits per heavy atom. The first-order valence-corrected chi connectivity index (χ1v) is 13.9. The van der Waals surface area contributed by atoms with Crippen LogP contribution in [0.4, 0.5) is 0 Å². The standard InChI is InChI=1S/C31H31BrN2O6/c1-3-5-6-15-37-26-14-7-20(16-28(26)36-4-2)30-24-13-12-23(17-27(24)40-31(34)25(30)18-33)39-29(35)19-38-22-10-8-21(32)9-11-22/h7-14,16-17,30H,3-6,15,19,34H2,1-2H3. The molecule has 40 heavy (non-hydrogen) atoms. The molecule has 3 aromatic rings. The van der Waals surface area contributed by atoms with E-state index >= 15 is 0 Å². The molecule has 1 heterocycles. The highest BCUT2D eigenvalue weighted by Gasteiger charge is 2.32. The number of halogens is 1. The van der Waals surface area contributed by atoms with Gasteiger partial charge in [-0.25, -0.2) is 4.79 Å². The van der Waals surface area contributed by atoms with Crippen molar-refractivity contribution >= 4 is 21.9 Å². The quantitative estimate of drug-likeness (QED) is 0.139. The highest BCUT2D eigenvalue weighted by atomic mass is 79.9. The number of carbonyl (C=O) groups is 1. The zero-order chi connectivity index (χ0) is 28.5. The van der Waals surface area contributed by atoms with Gasteiger partial charge in [-0.3, -0.25) is 0 Å². The third-order valence-corrected chi connectivity index (χ3v) is 6.73. The lowest BCUT2D eigenvalue weighted by atomic mass is 9.83. The highest BCUT2D eigenvalue weighted by molar-refractivity contribution is 9.10. The first kappa shape index (κ1) is 28.8. The third kappa shape index (κ3) is 7.07. The lowest BCUT2D eigenvalue weighted by Gasteiger charge is -2.27. The molecule has 2 N–H and O–H groups in total. The molecule has 0 amide bonds. The van der Waals surface area contributed by atoms with Gasteiger partial charge in [-0.05, 0) is 61.4 Å². The van der Waals surface area contributed by atoms with Crippen molar-refractivity contribution in [1.29, 1.82) is 5.26 Å². The van der Waals surface area contributed by atoms with E-state index in [0.29, 0.717) is 41.8 Å². The number of hydrogen-bond acceptors (Lipinski definition) is 8. The zero-order valence-electron chi connectivity index (χ0n) is 22.4. The van der Waals surface area contributed by atoms with Gasteiger partial charge in [-0.2, -0.15) is 5.26 Å². The minimum Gasteiger partial charge on any atom is -0.490 e. The second kappa shape index (κ2) is 13.8. The fourth-order valence-corrected chi connectivity index (χ4v) is 4.57. The van der Waals surface area contributed by atoms with Crippen molar-refractivity contribution in [3.05, 3.63) is 87.7 Å². The highest BCUT2D eigenvalue weighted by Crippen LogP contribution is 2.45. The molecule has 0 saturated carbocycles. The van der Waals surface area contributed by atoms with Gasteiger partial charge in [0, 0.05) is 16.1 Å². The van der Waals surface area contributed by atoms with Crippen molar-refractivity contribution in [3.63, 3.8) is 0 Å². The van der Waals surface area contributed by atoms with Crippen molar-refractivity contribution in [2.24, 2.45) is 5.73 Å². The van der Waals surface area contributed by atoms with E-state index in [1.54, 1.807) is 30.3 Å². The molecule has 8 nitrogen and oxygen atoms in total. The minimum absolute atomic E-state index is 0.0140. The summed E-state index contributed by atoms with van der Waals surface area (Å²) in [7, 11) is 0. The fourth-order valence-electron chi connectivity index (χ4n) is 4.30. The summed E-state index contributed by atoms with van der Waals surface area (Å²) in [6, 6.07) is 19.9. The Kier molecular flexibility index (Phi) is 9.92. The lowest BCUT2D eigenvalue weighted by molar-refractivity contribution is -0.136. The van der Waals surface area contributed by atoms with Crippen molar-refractivity contribution in [3.8, 4) is 34.8 Å². The molecule has 4 rings (SSSR count). The number of carbonyl (C=O) groups excluding carboxylic acids is 1. The van der Waals surface area contributed by atoms with Crippen molar-refractivity contribution < 1.29 is 28.5 Å². The maximum atomic E-state index is 12.4. The van der Waals surface area contributed by atoms with Gasteiger partial charge in [0.2, 0.25) is 5.88 Å². The molecule has 208 valence electrons. The van der Waals surface area contributed by atoms with E-state index in [2.05, 4.69) is 28.9 Å². The monoisotopic (exact) mass is 606 g/mol. The van der Waals surface area contributed by atoms with Gasteiger partial charge in [0.1, 0.15) is 28.9 Å². The second-order valence-corrected chi connectivity index (χ2v) is 9.95. The number of hydrogen-bond donors (Lipinski definition) is 1.